The molecule has 4 nitrogen and oxygen atoms in total. The number of aromatic nitrogens is 3. The van der Waals surface area contributed by atoms with Gasteiger partial charge in [-0.25, -0.2) is 4.52 Å². The molecule has 0 saturated carbocycles. The van der Waals surface area contributed by atoms with Crippen molar-refractivity contribution in [1.82, 2.24) is 14.6 Å². The summed E-state index contributed by atoms with van der Waals surface area (Å²) < 4.78 is 2.18. The van der Waals surface area contributed by atoms with Crippen LogP contribution in [0.2, 0.25) is 0 Å². The van der Waals surface area contributed by atoms with Crippen LogP contribution in [0.4, 0.5) is 0 Å². The lowest BCUT2D eigenvalue weighted by Gasteiger charge is -2.00. The van der Waals surface area contributed by atoms with Crippen LogP contribution in [0.1, 0.15) is 5.69 Å². The van der Waals surface area contributed by atoms with E-state index in [0.717, 1.165) is 16.4 Å². The summed E-state index contributed by atoms with van der Waals surface area (Å²) in [5.74, 6) is 0. The molecule has 0 aliphatic carbocycles. The third-order valence-corrected chi connectivity index (χ3v) is 2.83. The van der Waals surface area contributed by atoms with Gasteiger partial charge in [0.1, 0.15) is 0 Å². The van der Waals surface area contributed by atoms with E-state index in [2.05, 4.69) is 10.1 Å². The Morgan fingerprint density at radius 1 is 1.38 bits per heavy atom. The molecule has 0 unspecified atom stereocenters. The van der Waals surface area contributed by atoms with Crippen LogP contribution < -0.4 is 0 Å². The van der Waals surface area contributed by atoms with Gasteiger partial charge in [0.25, 0.3) is 0 Å². The molecule has 0 saturated heterocycles. The second kappa shape index (κ2) is 3.40. The summed E-state index contributed by atoms with van der Waals surface area (Å²) in [5.41, 5.74) is 2.52. The molecule has 3 rings (SSSR count). The number of aromatic amines is 1. The quantitative estimate of drug-likeness (QED) is 0.630. The number of nitrogens with one attached hydrogen (secondary N) is 1. The molecule has 0 aliphatic heterocycles. The van der Waals surface area contributed by atoms with Crippen molar-refractivity contribution < 1.29 is 5.11 Å². The molecule has 3 aromatic rings. The Bertz CT molecular complexity index is 729. The van der Waals surface area contributed by atoms with Crippen molar-refractivity contribution in [2.24, 2.45) is 0 Å². The molecule has 0 atom stereocenters. The van der Waals surface area contributed by atoms with Gasteiger partial charge in [0.15, 0.2) is 4.77 Å². The van der Waals surface area contributed by atoms with Crippen LogP contribution in [-0.4, -0.2) is 19.7 Å². The van der Waals surface area contributed by atoms with E-state index >= 15 is 0 Å². The number of fused-ring (bicyclic) bond motifs is 3. The highest BCUT2D eigenvalue weighted by atomic mass is 32.1. The van der Waals surface area contributed by atoms with E-state index in [0.29, 0.717) is 10.5 Å². The highest BCUT2D eigenvalue weighted by Gasteiger charge is 2.06. The molecular weight excluding hydrogens is 222 g/mol. The number of para-hydroxylation sites is 1. The van der Waals surface area contributed by atoms with Crippen LogP contribution in [0.15, 0.2) is 30.3 Å². The van der Waals surface area contributed by atoms with Crippen LogP contribution in [0.25, 0.3) is 16.4 Å². The molecule has 0 spiro atoms. The van der Waals surface area contributed by atoms with Crippen LogP contribution in [0.3, 0.4) is 0 Å². The molecule has 2 heterocycles. The molecule has 1 aromatic carbocycles. The molecule has 16 heavy (non-hydrogen) atoms. The summed E-state index contributed by atoms with van der Waals surface area (Å²) >= 11 is 5.21. The monoisotopic (exact) mass is 231 g/mol. The molecule has 0 radical (unpaired) electrons. The van der Waals surface area contributed by atoms with Gasteiger partial charge in [0, 0.05) is 10.9 Å². The van der Waals surface area contributed by atoms with E-state index in [-0.39, 0.29) is 6.61 Å². The molecule has 5 heteroatoms. The number of H-pyrrole nitrogens is 1. The number of nitrogens with zero attached hydrogens (tertiary/aromatic N) is 2. The van der Waals surface area contributed by atoms with Gasteiger partial charge in [0.05, 0.1) is 17.8 Å². The van der Waals surface area contributed by atoms with Crippen molar-refractivity contribution >= 4 is 28.6 Å². The lowest BCUT2D eigenvalue weighted by molar-refractivity contribution is 0.276. The summed E-state index contributed by atoms with van der Waals surface area (Å²) in [5, 5.41) is 14.3. The topological polar surface area (TPSA) is 53.3 Å². The minimum Gasteiger partial charge on any atom is -0.390 e. The second-order valence-electron chi connectivity index (χ2n) is 3.57. The first kappa shape index (κ1) is 9.50. The predicted molar refractivity (Wildman–Crippen MR) is 63.8 cm³/mol. The maximum atomic E-state index is 9.08. The van der Waals surface area contributed by atoms with Gasteiger partial charge in [-0.3, -0.25) is 0 Å². The highest BCUT2D eigenvalue weighted by Crippen LogP contribution is 2.19. The Balaban J connectivity index is 2.57. The average molecular weight is 231 g/mol. The van der Waals surface area contributed by atoms with Crippen molar-refractivity contribution in [3.8, 4) is 0 Å². The number of rotatable bonds is 1. The summed E-state index contributed by atoms with van der Waals surface area (Å²) in [6.07, 6.45) is 0. The van der Waals surface area contributed by atoms with E-state index in [9.17, 15) is 0 Å². The summed E-state index contributed by atoms with van der Waals surface area (Å²) in [6.45, 7) is -0.0786. The molecule has 2 N–H and O–H groups in total. The van der Waals surface area contributed by atoms with Gasteiger partial charge in [-0.1, -0.05) is 18.2 Å². The van der Waals surface area contributed by atoms with Crippen molar-refractivity contribution in [3.05, 3.63) is 40.8 Å². The average Bonchev–Trinajstić information content (AvgIpc) is 2.74. The van der Waals surface area contributed by atoms with Gasteiger partial charge in [-0.15, -0.1) is 0 Å². The summed E-state index contributed by atoms with van der Waals surface area (Å²) in [7, 11) is 0. The molecular formula is C11H9N3OS. The van der Waals surface area contributed by atoms with E-state index in [1.165, 1.54) is 0 Å². The Kier molecular flexibility index (Phi) is 2.02. The molecule has 0 aliphatic rings. The lowest BCUT2D eigenvalue weighted by Crippen LogP contribution is -1.94. The zero-order valence-electron chi connectivity index (χ0n) is 8.34. The Hall–Kier alpha value is -1.72. The number of aliphatic hydroxyl groups is 1. The van der Waals surface area contributed by atoms with Gasteiger partial charge in [-0.2, -0.15) is 5.10 Å². The molecule has 80 valence electrons. The third-order valence-electron chi connectivity index (χ3n) is 2.56. The minimum atomic E-state index is -0.0786. The van der Waals surface area contributed by atoms with Crippen LogP contribution >= 0.6 is 12.2 Å². The van der Waals surface area contributed by atoms with Crippen molar-refractivity contribution in [3.63, 3.8) is 0 Å². The normalized spacial score (nSPS) is 11.3. The maximum Gasteiger partial charge on any atom is 0.199 e. The van der Waals surface area contributed by atoms with Crippen LogP contribution in [0, 0.1) is 4.77 Å². The SMILES string of the molecule is OCc1cc2c3ccccc3[nH]c(=S)n2n1. The van der Waals surface area contributed by atoms with Gasteiger partial charge in [0.2, 0.25) is 0 Å². The highest BCUT2D eigenvalue weighted by molar-refractivity contribution is 7.71. The Labute approximate surface area is 96.2 Å². The van der Waals surface area contributed by atoms with E-state index < -0.39 is 0 Å². The Morgan fingerprint density at radius 2 is 2.19 bits per heavy atom. The lowest BCUT2D eigenvalue weighted by atomic mass is 10.2. The first-order chi connectivity index (χ1) is 7.79. The van der Waals surface area contributed by atoms with Crippen molar-refractivity contribution in [2.75, 3.05) is 0 Å². The fraction of sp³-hybridized carbons (Fsp3) is 0.0909. The molecule has 0 fully saturated rings. The minimum absolute atomic E-state index is 0.0786. The predicted octanol–water partition coefficient (Wildman–Crippen LogP) is 2.04. The van der Waals surface area contributed by atoms with Gasteiger partial charge in [-0.05, 0) is 24.4 Å². The maximum absolute atomic E-state index is 9.08. The zero-order valence-corrected chi connectivity index (χ0v) is 9.16. The smallest absolute Gasteiger partial charge is 0.199 e. The number of benzene rings is 1. The van der Waals surface area contributed by atoms with E-state index in [1.807, 2.05) is 30.3 Å². The summed E-state index contributed by atoms with van der Waals surface area (Å²) in [4.78, 5) is 3.10. The second-order valence-corrected chi connectivity index (χ2v) is 3.95. The fourth-order valence-corrected chi connectivity index (χ4v) is 2.09. The number of hydrogen-bond donors (Lipinski definition) is 2. The van der Waals surface area contributed by atoms with Crippen LogP contribution in [0.5, 0.6) is 0 Å². The molecule has 0 bridgehead atoms. The molecule has 0 amide bonds. The largest absolute Gasteiger partial charge is 0.390 e. The molecule has 2 aromatic heterocycles. The number of hydrogen-bond acceptors (Lipinski definition) is 3. The standard InChI is InChI=1S/C11H9N3OS/c15-6-7-5-10-8-3-1-2-4-9(8)12-11(16)14(10)13-7/h1-5,15H,6H2,(H,12,16). The van der Waals surface area contributed by atoms with Crippen molar-refractivity contribution in [2.45, 2.75) is 6.61 Å². The summed E-state index contributed by atoms with van der Waals surface area (Å²) in [6, 6.07) is 9.74. The van der Waals surface area contributed by atoms with E-state index in [4.69, 9.17) is 17.3 Å². The Morgan fingerprint density at radius 3 is 3.00 bits per heavy atom. The van der Waals surface area contributed by atoms with E-state index in [1.54, 1.807) is 4.52 Å². The number of aliphatic hydroxyl groups excluding tert-OH is 1. The van der Waals surface area contributed by atoms with Crippen molar-refractivity contribution in [1.29, 1.82) is 0 Å². The first-order valence-corrected chi connectivity index (χ1v) is 5.31. The van der Waals surface area contributed by atoms with Crippen LogP contribution in [-0.2, 0) is 6.61 Å². The fourth-order valence-electron chi connectivity index (χ4n) is 1.84. The first-order valence-electron chi connectivity index (χ1n) is 4.90. The third kappa shape index (κ3) is 1.26. The van der Waals surface area contributed by atoms with Gasteiger partial charge >= 0.3 is 0 Å². The van der Waals surface area contributed by atoms with Gasteiger partial charge < -0.3 is 10.1 Å². The zero-order chi connectivity index (χ0) is 11.1.